The number of carbonyl (C=O) groups is 2. The molecule has 230 valence electrons. The molecule has 0 saturated carbocycles. The average Bonchev–Trinajstić information content (AvgIpc) is 3.04. The second-order valence-electron chi connectivity index (χ2n) is 8.74. The number of rotatable bonds is 14. The number of nitrogens with one attached hydrogen (secondary N) is 2. The summed E-state index contributed by atoms with van der Waals surface area (Å²) in [6, 6.07) is 12.0. The van der Waals surface area contributed by atoms with Crippen molar-refractivity contribution in [2.24, 2.45) is 0 Å². The molecule has 0 bridgehead atoms. The van der Waals surface area contributed by atoms with Gasteiger partial charge >= 0.3 is 0 Å². The molecule has 0 aliphatic rings. The predicted octanol–water partition coefficient (Wildman–Crippen LogP) is 5.55. The lowest BCUT2D eigenvalue weighted by Crippen LogP contribution is -2.12. The average molecular weight is 602 g/mol. The van der Waals surface area contributed by atoms with E-state index in [1.165, 1.54) is 26.4 Å². The molecule has 2 aromatic carbocycles. The van der Waals surface area contributed by atoms with E-state index in [9.17, 15) is 9.59 Å². The third kappa shape index (κ3) is 9.15. The van der Waals surface area contributed by atoms with Crippen molar-refractivity contribution in [3.63, 3.8) is 0 Å². The highest BCUT2D eigenvalue weighted by Gasteiger charge is 2.13. The molecule has 44 heavy (non-hydrogen) atoms. The van der Waals surface area contributed by atoms with Crippen LogP contribution in [0.5, 0.6) is 34.5 Å². The van der Waals surface area contributed by atoms with Gasteiger partial charge in [0.25, 0.3) is 0 Å². The molecule has 3 aromatic rings. The Kier molecular flexibility index (Phi) is 12.4. The SMILES string of the molecule is COc1cc(C=CC=CC(=O)Nc2cccc(NC(=O)C=CC=Cc3cc(OC)c(OC)c(OC)c3)n2)cc(OC)c1OC. The van der Waals surface area contributed by atoms with Crippen molar-refractivity contribution in [1.29, 1.82) is 0 Å². The number of benzene rings is 2. The van der Waals surface area contributed by atoms with Crippen LogP contribution in [0.2, 0.25) is 0 Å². The number of pyridine rings is 1. The van der Waals surface area contributed by atoms with Crippen molar-refractivity contribution in [2.75, 3.05) is 53.3 Å². The minimum atomic E-state index is -0.396. The number of hydrogen-bond acceptors (Lipinski definition) is 9. The van der Waals surface area contributed by atoms with Gasteiger partial charge in [-0.2, -0.15) is 0 Å². The van der Waals surface area contributed by atoms with Crippen LogP contribution in [0.3, 0.4) is 0 Å². The van der Waals surface area contributed by atoms with Crippen LogP contribution in [-0.4, -0.2) is 59.5 Å². The highest BCUT2D eigenvalue weighted by atomic mass is 16.5. The molecule has 3 rings (SSSR count). The van der Waals surface area contributed by atoms with E-state index in [-0.39, 0.29) is 11.6 Å². The highest BCUT2D eigenvalue weighted by molar-refractivity contribution is 6.00. The molecular weight excluding hydrogens is 566 g/mol. The summed E-state index contributed by atoms with van der Waals surface area (Å²) in [5.41, 5.74) is 1.58. The van der Waals surface area contributed by atoms with Crippen LogP contribution in [0.25, 0.3) is 12.2 Å². The summed E-state index contributed by atoms with van der Waals surface area (Å²) in [6.07, 6.45) is 12.8. The van der Waals surface area contributed by atoms with Crippen LogP contribution >= 0.6 is 0 Å². The Morgan fingerprint density at radius 1 is 0.568 bits per heavy atom. The number of aromatic nitrogens is 1. The van der Waals surface area contributed by atoms with E-state index in [0.717, 1.165) is 11.1 Å². The lowest BCUT2D eigenvalue weighted by molar-refractivity contribution is -0.112. The first kappa shape index (κ1) is 32.8. The number of methoxy groups -OCH3 is 6. The third-order valence-electron chi connectivity index (χ3n) is 5.92. The fourth-order valence-corrected chi connectivity index (χ4v) is 3.92. The van der Waals surface area contributed by atoms with Gasteiger partial charge < -0.3 is 39.1 Å². The molecule has 0 saturated heterocycles. The van der Waals surface area contributed by atoms with Gasteiger partial charge in [-0.3, -0.25) is 9.59 Å². The molecule has 0 fully saturated rings. The Morgan fingerprint density at radius 2 is 0.932 bits per heavy atom. The molecule has 0 atom stereocenters. The Hall–Kier alpha value is -5.71. The van der Waals surface area contributed by atoms with Crippen LogP contribution < -0.4 is 39.1 Å². The molecule has 0 spiro atoms. The van der Waals surface area contributed by atoms with Gasteiger partial charge in [0.1, 0.15) is 11.6 Å². The fourth-order valence-electron chi connectivity index (χ4n) is 3.92. The third-order valence-corrected chi connectivity index (χ3v) is 5.92. The number of hydrogen-bond donors (Lipinski definition) is 2. The van der Waals surface area contributed by atoms with Crippen molar-refractivity contribution >= 4 is 35.6 Å². The number of anilines is 2. The van der Waals surface area contributed by atoms with Gasteiger partial charge in [0.15, 0.2) is 23.0 Å². The van der Waals surface area contributed by atoms with Crippen LogP contribution in [0.15, 0.2) is 78.9 Å². The van der Waals surface area contributed by atoms with E-state index in [2.05, 4.69) is 15.6 Å². The van der Waals surface area contributed by atoms with E-state index in [0.29, 0.717) is 34.5 Å². The van der Waals surface area contributed by atoms with Crippen molar-refractivity contribution in [1.82, 2.24) is 4.98 Å². The minimum Gasteiger partial charge on any atom is -0.493 e. The molecule has 0 aliphatic carbocycles. The Labute approximate surface area is 256 Å². The zero-order valence-electron chi connectivity index (χ0n) is 25.4. The number of nitrogens with zero attached hydrogens (tertiary/aromatic N) is 1. The fraction of sp³-hybridized carbons (Fsp3) is 0.182. The van der Waals surface area contributed by atoms with E-state index in [1.807, 2.05) is 0 Å². The van der Waals surface area contributed by atoms with Gasteiger partial charge in [-0.25, -0.2) is 4.98 Å². The topological polar surface area (TPSA) is 126 Å². The van der Waals surface area contributed by atoms with Gasteiger partial charge in [-0.05, 0) is 47.5 Å². The molecule has 1 aromatic heterocycles. The van der Waals surface area contributed by atoms with Gasteiger partial charge in [-0.15, -0.1) is 0 Å². The summed E-state index contributed by atoms with van der Waals surface area (Å²) in [6.45, 7) is 0. The minimum absolute atomic E-state index is 0.275. The lowest BCUT2D eigenvalue weighted by Gasteiger charge is -2.12. The quantitative estimate of drug-likeness (QED) is 0.181. The second kappa shape index (κ2) is 16.7. The summed E-state index contributed by atoms with van der Waals surface area (Å²) in [4.78, 5) is 29.1. The second-order valence-corrected chi connectivity index (χ2v) is 8.74. The zero-order valence-corrected chi connectivity index (χ0v) is 25.4. The number of carbonyl (C=O) groups excluding carboxylic acids is 2. The van der Waals surface area contributed by atoms with E-state index in [1.54, 1.807) is 107 Å². The molecule has 0 aliphatic heterocycles. The maximum absolute atomic E-state index is 12.4. The summed E-state index contributed by atoms with van der Waals surface area (Å²) in [5, 5.41) is 5.33. The van der Waals surface area contributed by atoms with Crippen LogP contribution in [0.1, 0.15) is 11.1 Å². The normalized spacial score (nSPS) is 11.2. The molecule has 2 amide bonds. The standard InChI is InChI=1S/C33H35N3O8/c1-39-24-18-22(19-25(40-2)32(24)43-5)12-7-9-16-30(37)35-28-14-11-15-29(34-28)36-31(38)17-10-8-13-23-20-26(41-3)33(44-6)27(21-23)42-4/h7-21H,1-6H3,(H2,34,35,36,37,38). The largest absolute Gasteiger partial charge is 0.493 e. The van der Waals surface area contributed by atoms with Gasteiger partial charge in [0.05, 0.1) is 42.7 Å². The van der Waals surface area contributed by atoms with Crippen LogP contribution in [0, 0.1) is 0 Å². The highest BCUT2D eigenvalue weighted by Crippen LogP contribution is 2.39. The van der Waals surface area contributed by atoms with E-state index < -0.39 is 11.8 Å². The molecule has 1 heterocycles. The predicted molar refractivity (Wildman–Crippen MR) is 170 cm³/mol. The zero-order chi connectivity index (χ0) is 31.9. The van der Waals surface area contributed by atoms with Crippen molar-refractivity contribution in [3.8, 4) is 34.5 Å². The first-order chi connectivity index (χ1) is 21.3. The monoisotopic (exact) mass is 601 g/mol. The number of allylic oxidation sites excluding steroid dienone is 4. The van der Waals surface area contributed by atoms with Crippen molar-refractivity contribution < 1.29 is 38.0 Å². The molecule has 2 N–H and O–H groups in total. The van der Waals surface area contributed by atoms with Crippen molar-refractivity contribution in [3.05, 3.63) is 90.0 Å². The summed E-state index contributed by atoms with van der Waals surface area (Å²) < 4.78 is 32.1. The Balaban J connectivity index is 1.56. The van der Waals surface area contributed by atoms with Gasteiger partial charge in [0.2, 0.25) is 23.3 Å². The first-order valence-electron chi connectivity index (χ1n) is 13.2. The maximum atomic E-state index is 12.4. The smallest absolute Gasteiger partial charge is 0.249 e. The molecule has 11 nitrogen and oxygen atoms in total. The summed E-state index contributed by atoms with van der Waals surface area (Å²) in [7, 11) is 9.23. The lowest BCUT2D eigenvalue weighted by atomic mass is 10.1. The molecule has 0 unspecified atom stereocenters. The Bertz CT molecular complexity index is 1410. The van der Waals surface area contributed by atoms with E-state index >= 15 is 0 Å². The number of ether oxygens (including phenoxy) is 6. The summed E-state index contributed by atoms with van der Waals surface area (Å²) in [5.74, 6) is 2.83. The molecular formula is C33H35N3O8. The Morgan fingerprint density at radius 3 is 1.25 bits per heavy atom. The molecule has 0 radical (unpaired) electrons. The summed E-state index contributed by atoms with van der Waals surface area (Å²) >= 11 is 0. The number of amides is 2. The first-order valence-corrected chi connectivity index (χ1v) is 13.2. The van der Waals surface area contributed by atoms with E-state index in [4.69, 9.17) is 28.4 Å². The van der Waals surface area contributed by atoms with Gasteiger partial charge in [0, 0.05) is 12.2 Å². The van der Waals surface area contributed by atoms with Crippen LogP contribution in [0.4, 0.5) is 11.6 Å². The van der Waals surface area contributed by atoms with Gasteiger partial charge in [-0.1, -0.05) is 42.5 Å². The molecule has 11 heteroatoms. The maximum Gasteiger partial charge on any atom is 0.249 e. The van der Waals surface area contributed by atoms with Crippen molar-refractivity contribution in [2.45, 2.75) is 0 Å². The van der Waals surface area contributed by atoms with Crippen LogP contribution in [-0.2, 0) is 9.59 Å².